The lowest BCUT2D eigenvalue weighted by Gasteiger charge is -2.43. The maximum atomic E-state index is 13.5. The van der Waals surface area contributed by atoms with Gasteiger partial charge in [-0.1, -0.05) is 44.0 Å². The van der Waals surface area contributed by atoms with E-state index >= 15 is 0 Å². The molecule has 0 saturated heterocycles. The number of aromatic nitrogens is 5. The Bertz CT molecular complexity index is 3210. The molecule has 0 unspecified atom stereocenters. The van der Waals surface area contributed by atoms with Crippen LogP contribution in [0.2, 0.25) is 0 Å². The number of carbonyl (C=O) groups excluding carboxylic acids is 3. The fraction of sp³-hybridized carbons (Fsp3) is 0.468. The Kier molecular flexibility index (Phi) is 23.2. The van der Waals surface area contributed by atoms with E-state index in [0.717, 1.165) is 65.9 Å². The number of nitrogens with zero attached hydrogens (tertiary/aromatic N) is 10. The highest BCUT2D eigenvalue weighted by molar-refractivity contribution is 6.05. The fourth-order valence-electron chi connectivity index (χ4n) is 10.4. The molecule has 3 amide bonds. The zero-order valence-corrected chi connectivity index (χ0v) is 50.7. The molecule has 4 heterocycles. The lowest BCUT2D eigenvalue weighted by Crippen LogP contribution is -2.55. The van der Waals surface area contributed by atoms with E-state index in [9.17, 15) is 14.4 Å². The fourth-order valence-corrected chi connectivity index (χ4v) is 10.4. The highest BCUT2D eigenvalue weighted by atomic mass is 16.6. The molecule has 23 heteroatoms. The number of anilines is 8. The van der Waals surface area contributed by atoms with Gasteiger partial charge in [-0.25, -0.2) is 15.0 Å². The van der Waals surface area contributed by atoms with Crippen LogP contribution < -0.4 is 45.4 Å². The van der Waals surface area contributed by atoms with Crippen molar-refractivity contribution in [3.63, 3.8) is 0 Å². The number of ether oxygens (including phenoxy) is 6. The number of nitrogens with one attached hydrogen (secondary N) is 4. The molecule has 1 aliphatic heterocycles. The van der Waals surface area contributed by atoms with Crippen LogP contribution in [-0.4, -0.2) is 199 Å². The summed E-state index contributed by atoms with van der Waals surface area (Å²) in [6.07, 6.45) is 13.9. The third-order valence-electron chi connectivity index (χ3n) is 15.0. The number of aryl methyl sites for hydroxylation is 1. The predicted molar refractivity (Wildman–Crippen MR) is 333 cm³/mol. The monoisotopic (exact) mass is 1170 g/mol. The highest BCUT2D eigenvalue weighted by Crippen LogP contribution is 2.41. The topological polar surface area (TPSA) is 227 Å². The van der Waals surface area contributed by atoms with Gasteiger partial charge in [0.25, 0.3) is 5.91 Å². The number of benzene rings is 3. The lowest BCUT2D eigenvalue weighted by atomic mass is 10.0. The zero-order valence-electron chi connectivity index (χ0n) is 50.7. The van der Waals surface area contributed by atoms with Crippen molar-refractivity contribution in [1.29, 1.82) is 0 Å². The lowest BCUT2D eigenvalue weighted by molar-refractivity contribution is -0.120. The average Bonchev–Trinajstić information content (AvgIpc) is 2.11. The molecule has 456 valence electrons. The Balaban J connectivity index is 0.685. The number of amides is 3. The molecule has 3 aromatic heterocycles. The molecule has 1 aliphatic carbocycles. The molecular weight excluding hydrogens is 1080 g/mol. The van der Waals surface area contributed by atoms with Crippen molar-refractivity contribution in [2.24, 2.45) is 7.05 Å². The second-order valence-electron chi connectivity index (χ2n) is 21.3. The Hall–Kier alpha value is -7.93. The van der Waals surface area contributed by atoms with Crippen LogP contribution in [0, 0.1) is 0 Å². The van der Waals surface area contributed by atoms with Gasteiger partial charge in [0.1, 0.15) is 23.2 Å². The normalized spacial score (nSPS) is 14.4. The van der Waals surface area contributed by atoms with Crippen LogP contribution in [0.5, 0.6) is 11.5 Å². The third kappa shape index (κ3) is 16.9. The summed E-state index contributed by atoms with van der Waals surface area (Å²) in [7, 11) is 15.0. The Morgan fingerprint density at radius 2 is 1.44 bits per heavy atom. The standard InChI is InChI=1S/C62H84N14O9/c1-10-51-60(79)75(7)54-41-65-62(70-58(54)76(51)44-16-11-12-17-44)68-48-22-21-43(38-55(48)80-8)59(78)63-25-30-82-32-34-84-36-37-85-35-33-83-31-29-72(4)26-15-20-57(77)66-49-39-50(56(81-9)40-53(49)73(5)28-27-71(2)3)69-61-64-24-23-47(67-61)46-42-74(6)52-19-14-13-18-45(46)52/h13-15,18-24,38-42,44,51H,10-12,16-17,25-37H2,1-9H3,(H,63,78)(H,66,77)(H,64,67,69)(H,65,68,70)/b20-15+/t51-/m1/s1. The smallest absolute Gasteiger partial charge is 0.251 e. The molecule has 8 rings (SSSR count). The molecule has 6 aromatic rings. The van der Waals surface area contributed by atoms with Gasteiger partial charge >= 0.3 is 0 Å². The van der Waals surface area contributed by atoms with E-state index in [1.165, 1.54) is 0 Å². The van der Waals surface area contributed by atoms with Crippen LogP contribution in [0.3, 0.4) is 0 Å². The minimum Gasteiger partial charge on any atom is -0.495 e. The molecule has 0 bridgehead atoms. The first kappa shape index (κ1) is 63.1. The maximum Gasteiger partial charge on any atom is 0.251 e. The van der Waals surface area contributed by atoms with E-state index in [2.05, 4.69) is 73.7 Å². The van der Waals surface area contributed by atoms with Gasteiger partial charge in [-0.15, -0.1) is 0 Å². The number of carbonyl (C=O) groups is 3. The zero-order chi connectivity index (χ0) is 60.2. The summed E-state index contributed by atoms with van der Waals surface area (Å²) < 4.78 is 36.4. The van der Waals surface area contributed by atoms with Crippen molar-refractivity contribution in [1.82, 2.24) is 39.6 Å². The first-order valence-electron chi connectivity index (χ1n) is 29.1. The van der Waals surface area contributed by atoms with E-state index in [0.29, 0.717) is 137 Å². The van der Waals surface area contributed by atoms with Gasteiger partial charge < -0.3 is 78.8 Å². The molecule has 1 fully saturated rings. The maximum absolute atomic E-state index is 13.5. The quantitative estimate of drug-likeness (QED) is 0.0233. The van der Waals surface area contributed by atoms with Crippen molar-refractivity contribution in [2.75, 3.05) is 166 Å². The summed E-state index contributed by atoms with van der Waals surface area (Å²) in [5.41, 5.74) is 6.60. The summed E-state index contributed by atoms with van der Waals surface area (Å²) in [5, 5.41) is 13.7. The number of likely N-dealkylation sites (N-methyl/N-ethyl adjacent to an activating group) is 4. The van der Waals surface area contributed by atoms with E-state index in [4.69, 9.17) is 38.4 Å². The van der Waals surface area contributed by atoms with E-state index < -0.39 is 0 Å². The van der Waals surface area contributed by atoms with Crippen molar-refractivity contribution in [3.8, 4) is 22.8 Å². The Morgan fingerprint density at radius 1 is 0.753 bits per heavy atom. The highest BCUT2D eigenvalue weighted by Gasteiger charge is 2.41. The molecule has 0 spiro atoms. The molecule has 23 nitrogen and oxygen atoms in total. The van der Waals surface area contributed by atoms with Crippen LogP contribution in [0.1, 0.15) is 49.4 Å². The number of para-hydroxylation sites is 1. The minimum absolute atomic E-state index is 0.0592. The van der Waals surface area contributed by atoms with Crippen molar-refractivity contribution in [3.05, 3.63) is 97.0 Å². The molecule has 85 heavy (non-hydrogen) atoms. The van der Waals surface area contributed by atoms with Gasteiger partial charge in [-0.05, 0) is 76.8 Å². The Labute approximate surface area is 499 Å². The van der Waals surface area contributed by atoms with E-state index in [1.807, 2.05) is 78.6 Å². The molecule has 4 N–H and O–H groups in total. The number of methoxy groups -OCH3 is 2. The van der Waals surface area contributed by atoms with Gasteiger partial charge in [-0.3, -0.25) is 14.4 Å². The SMILES string of the molecule is CC[C@@H]1C(=O)N(C)c2cnc(Nc3ccc(C(=O)NCCOCCOCCOCCOCCN(C)C/C=C/C(=O)Nc4cc(Nc5nccc(-c6cn(C)c7ccccc67)n5)c(OC)cc4N(C)CCN(C)C)cc3OC)nc2N1C1CCCC1. The van der Waals surface area contributed by atoms with Gasteiger partial charge in [0.15, 0.2) is 5.82 Å². The number of rotatable bonds is 33. The van der Waals surface area contributed by atoms with Crippen LogP contribution in [-0.2, 0) is 35.6 Å². The molecular formula is C62H84N14O9. The van der Waals surface area contributed by atoms with Crippen LogP contribution in [0.15, 0.2) is 91.4 Å². The van der Waals surface area contributed by atoms with Gasteiger partial charge in [0.05, 0.1) is 102 Å². The number of hydrogen-bond acceptors (Lipinski definition) is 19. The molecule has 1 atom stereocenters. The molecule has 3 aromatic carbocycles. The second kappa shape index (κ2) is 31.3. The van der Waals surface area contributed by atoms with Gasteiger partial charge in [-0.2, -0.15) is 4.98 Å². The third-order valence-corrected chi connectivity index (χ3v) is 15.0. The second-order valence-corrected chi connectivity index (χ2v) is 21.3. The summed E-state index contributed by atoms with van der Waals surface area (Å²) >= 11 is 0. The van der Waals surface area contributed by atoms with Crippen molar-refractivity contribution < 1.29 is 42.8 Å². The first-order chi connectivity index (χ1) is 41.3. The number of fused-ring (bicyclic) bond motifs is 2. The van der Waals surface area contributed by atoms with Crippen LogP contribution in [0.25, 0.3) is 22.2 Å². The summed E-state index contributed by atoms with van der Waals surface area (Å²) in [5.74, 6) is 2.06. The number of hydrogen-bond donors (Lipinski definition) is 4. The predicted octanol–water partition coefficient (Wildman–Crippen LogP) is 7.35. The van der Waals surface area contributed by atoms with Crippen LogP contribution >= 0.6 is 0 Å². The van der Waals surface area contributed by atoms with Crippen molar-refractivity contribution in [2.45, 2.75) is 51.1 Å². The molecule has 2 aliphatic rings. The molecule has 1 saturated carbocycles. The van der Waals surface area contributed by atoms with Crippen LogP contribution in [0.4, 0.5) is 46.2 Å². The molecule has 0 radical (unpaired) electrons. The summed E-state index contributed by atoms with van der Waals surface area (Å²) in [6, 6.07) is 19.0. The largest absolute Gasteiger partial charge is 0.495 e. The van der Waals surface area contributed by atoms with Gasteiger partial charge in [0, 0.05) is 106 Å². The minimum atomic E-state index is -0.274. The van der Waals surface area contributed by atoms with E-state index in [-0.39, 0.29) is 29.8 Å². The average molecular weight is 1170 g/mol. The first-order valence-corrected chi connectivity index (χ1v) is 29.1. The summed E-state index contributed by atoms with van der Waals surface area (Å²) in [4.78, 5) is 68.8. The summed E-state index contributed by atoms with van der Waals surface area (Å²) in [6.45, 7) is 8.33. The Morgan fingerprint density at radius 3 is 2.15 bits per heavy atom. The van der Waals surface area contributed by atoms with E-state index in [1.54, 1.807) is 62.8 Å². The van der Waals surface area contributed by atoms with Crippen molar-refractivity contribution >= 4 is 74.8 Å². The van der Waals surface area contributed by atoms with Gasteiger partial charge in [0.2, 0.25) is 23.7 Å².